The van der Waals surface area contributed by atoms with Gasteiger partial charge in [0.15, 0.2) is 4.38 Å². The number of nitriles is 1. The number of aliphatic imine (C=N–C) groups is 1. The number of rotatable bonds is 0. The summed E-state index contributed by atoms with van der Waals surface area (Å²) in [4.78, 5) is 3.26. The molecule has 0 spiro atoms. The van der Waals surface area contributed by atoms with Crippen LogP contribution in [0, 0.1) is 16.1 Å². The lowest BCUT2D eigenvalue weighted by molar-refractivity contribution is 1.45. The Morgan fingerprint density at radius 1 is 1.75 bits per heavy atom. The molecule has 0 rings (SSSR count). The molecule has 0 atom stereocenters. The molecule has 0 fully saturated rings. The van der Waals surface area contributed by atoms with Crippen LogP contribution in [0.3, 0.4) is 0 Å². The lowest BCUT2D eigenvalue weighted by Crippen LogP contribution is -1.72. The SMILES string of the molecule is CSC(=NC#N)S#N. The van der Waals surface area contributed by atoms with Gasteiger partial charge in [-0.1, -0.05) is 11.8 Å². The maximum absolute atomic E-state index is 8.27. The van der Waals surface area contributed by atoms with E-state index in [0.717, 1.165) is 0 Å². The fourth-order valence-electron chi connectivity index (χ4n) is 0.144. The van der Waals surface area contributed by atoms with Crippen LogP contribution in [-0.2, 0) is 0 Å². The highest BCUT2D eigenvalue weighted by Gasteiger charge is 1.88. The van der Waals surface area contributed by atoms with E-state index in [1.165, 1.54) is 11.8 Å². The predicted molar refractivity (Wildman–Crippen MR) is 35.9 cm³/mol. The summed E-state index contributed by atoms with van der Waals surface area (Å²) in [5.41, 5.74) is 0. The Morgan fingerprint density at radius 2 is 2.38 bits per heavy atom. The standard InChI is InChI=1S/C3H3N3S2/c1-7-3(8-5)6-2-4/h1H3. The van der Waals surface area contributed by atoms with Crippen LogP contribution in [0.4, 0.5) is 0 Å². The third kappa shape index (κ3) is 2.59. The molecule has 0 aromatic heterocycles. The van der Waals surface area contributed by atoms with E-state index in [0.29, 0.717) is 15.8 Å². The zero-order chi connectivity index (χ0) is 6.41. The van der Waals surface area contributed by atoms with Crippen LogP contribution in [0.2, 0.25) is 0 Å². The van der Waals surface area contributed by atoms with Gasteiger partial charge >= 0.3 is 0 Å². The number of hydrogen-bond acceptors (Lipinski definition) is 4. The Kier molecular flexibility index (Phi) is 4.27. The molecule has 8 heavy (non-hydrogen) atoms. The Balaban J connectivity index is 3.98. The average molecular weight is 145 g/mol. The fraction of sp³-hybridized carbons (Fsp3) is 0.333. The van der Waals surface area contributed by atoms with Gasteiger partial charge in [-0.3, -0.25) is 0 Å². The van der Waals surface area contributed by atoms with Crippen LogP contribution in [0.5, 0.6) is 0 Å². The van der Waals surface area contributed by atoms with E-state index in [2.05, 4.69) is 4.99 Å². The highest BCUT2D eigenvalue weighted by Crippen LogP contribution is 2.02. The van der Waals surface area contributed by atoms with Crippen LogP contribution in [0.25, 0.3) is 0 Å². The van der Waals surface area contributed by atoms with Crippen molar-refractivity contribution in [2.45, 2.75) is 0 Å². The second-order valence-corrected chi connectivity index (χ2v) is 2.40. The second kappa shape index (κ2) is 4.60. The van der Waals surface area contributed by atoms with Crippen molar-refractivity contribution in [1.82, 2.24) is 0 Å². The summed E-state index contributed by atoms with van der Waals surface area (Å²) >= 11 is 1.72. The molecule has 5 heteroatoms. The number of thioether (sulfide) groups is 1. The maximum Gasteiger partial charge on any atom is 0.207 e. The lowest BCUT2D eigenvalue weighted by atomic mass is 11.3. The van der Waals surface area contributed by atoms with Gasteiger partial charge in [0, 0.05) is 0 Å². The van der Waals surface area contributed by atoms with Crippen molar-refractivity contribution in [3.63, 3.8) is 0 Å². The van der Waals surface area contributed by atoms with Crippen LogP contribution in [-0.4, -0.2) is 10.6 Å². The molecular formula is C3H3N3S2. The van der Waals surface area contributed by atoms with Crippen LogP contribution >= 0.6 is 23.2 Å². The van der Waals surface area contributed by atoms with E-state index < -0.39 is 0 Å². The summed E-state index contributed by atoms with van der Waals surface area (Å²) in [6, 6.07) is 0. The molecule has 0 aliphatic rings. The molecular weight excluding hydrogens is 142 g/mol. The molecule has 0 amide bonds. The normalized spacial score (nSPS) is 10.1. The Hall–Kier alpha value is -0.560. The molecule has 0 bridgehead atoms. The maximum atomic E-state index is 8.27. The van der Waals surface area contributed by atoms with E-state index in [1.807, 2.05) is 0 Å². The van der Waals surface area contributed by atoms with E-state index in [9.17, 15) is 0 Å². The van der Waals surface area contributed by atoms with E-state index in [-0.39, 0.29) is 0 Å². The molecule has 0 unspecified atom stereocenters. The molecule has 0 N–H and O–H groups in total. The molecule has 0 aliphatic heterocycles. The molecule has 0 radical (unpaired) electrons. The Bertz CT molecular complexity index is 172. The summed E-state index contributed by atoms with van der Waals surface area (Å²) < 4.78 is 8.64. The zero-order valence-electron chi connectivity index (χ0n) is 4.16. The molecule has 42 valence electrons. The van der Waals surface area contributed by atoms with E-state index >= 15 is 0 Å². The summed E-state index contributed by atoms with van der Waals surface area (Å²) in [6.45, 7) is 0. The van der Waals surface area contributed by atoms with Gasteiger partial charge in [-0.2, -0.15) is 14.9 Å². The third-order valence-corrected chi connectivity index (χ3v) is 1.81. The summed E-state index contributed by atoms with van der Waals surface area (Å²) in [6.07, 6.45) is 3.29. The first-order valence-electron chi connectivity index (χ1n) is 1.67. The Morgan fingerprint density at radius 3 is 2.50 bits per heavy atom. The fourth-order valence-corrected chi connectivity index (χ4v) is 0.656. The average Bonchev–Trinajstić information content (AvgIpc) is 1.83. The minimum Gasteiger partial charge on any atom is -0.170 e. The van der Waals surface area contributed by atoms with E-state index in [4.69, 9.17) is 9.87 Å². The molecule has 0 aliphatic carbocycles. The topological polar surface area (TPSA) is 59.9 Å². The van der Waals surface area contributed by atoms with Crippen molar-refractivity contribution >= 4 is 27.5 Å². The summed E-state index contributed by atoms with van der Waals surface area (Å²) in [5, 5.41) is 7.92. The van der Waals surface area contributed by atoms with Gasteiger partial charge in [-0.05, 0) is 6.26 Å². The van der Waals surface area contributed by atoms with Gasteiger partial charge in [0.2, 0.25) is 6.19 Å². The highest BCUT2D eigenvalue weighted by atomic mass is 32.2. The van der Waals surface area contributed by atoms with E-state index in [1.54, 1.807) is 12.4 Å². The van der Waals surface area contributed by atoms with Crippen molar-refractivity contribution in [1.29, 1.82) is 9.87 Å². The minimum absolute atomic E-state index is 0.368. The highest BCUT2D eigenvalue weighted by molar-refractivity contribution is 8.33. The quantitative estimate of drug-likeness (QED) is 0.294. The first kappa shape index (κ1) is 7.44. The van der Waals surface area contributed by atoms with Crippen molar-refractivity contribution in [3.8, 4) is 6.19 Å². The molecule has 0 saturated carbocycles. The Labute approximate surface area is 55.4 Å². The van der Waals surface area contributed by atoms with Crippen molar-refractivity contribution in [2.75, 3.05) is 6.26 Å². The van der Waals surface area contributed by atoms with Gasteiger partial charge in [0.1, 0.15) is 0 Å². The number of nitrogens with zero attached hydrogens (tertiary/aromatic N) is 3. The van der Waals surface area contributed by atoms with Gasteiger partial charge in [-0.15, -0.1) is 0 Å². The van der Waals surface area contributed by atoms with Gasteiger partial charge in [-0.25, -0.2) is 0 Å². The first-order chi connectivity index (χ1) is 3.85. The molecule has 3 nitrogen and oxygen atoms in total. The van der Waals surface area contributed by atoms with Crippen LogP contribution in [0.15, 0.2) is 4.99 Å². The van der Waals surface area contributed by atoms with Crippen LogP contribution in [0.1, 0.15) is 0 Å². The minimum atomic E-state index is 0.368. The van der Waals surface area contributed by atoms with Crippen molar-refractivity contribution in [3.05, 3.63) is 0 Å². The largest absolute Gasteiger partial charge is 0.207 e. The molecule has 0 heterocycles. The molecule has 0 aromatic carbocycles. The summed E-state index contributed by atoms with van der Waals surface area (Å²) in [7, 11) is 0. The third-order valence-electron chi connectivity index (χ3n) is 0.394. The smallest absolute Gasteiger partial charge is 0.170 e. The van der Waals surface area contributed by atoms with Gasteiger partial charge in [0.05, 0.1) is 11.4 Å². The monoisotopic (exact) mass is 145 g/mol. The summed E-state index contributed by atoms with van der Waals surface area (Å²) in [5.74, 6) is 0. The molecule has 0 aromatic rings. The van der Waals surface area contributed by atoms with Gasteiger partial charge in [0.25, 0.3) is 0 Å². The van der Waals surface area contributed by atoms with Crippen molar-refractivity contribution < 1.29 is 0 Å². The van der Waals surface area contributed by atoms with Gasteiger partial charge < -0.3 is 0 Å². The molecule has 0 saturated heterocycles. The zero-order valence-corrected chi connectivity index (χ0v) is 5.79. The van der Waals surface area contributed by atoms with Crippen LogP contribution < -0.4 is 0 Å². The second-order valence-electron chi connectivity index (χ2n) is 0.773. The number of hydrogen-bond donors (Lipinski definition) is 0. The first-order valence-corrected chi connectivity index (χ1v) is 3.67. The lowest BCUT2D eigenvalue weighted by Gasteiger charge is -1.78. The van der Waals surface area contributed by atoms with Crippen molar-refractivity contribution in [2.24, 2.45) is 4.99 Å². The predicted octanol–water partition coefficient (Wildman–Crippen LogP) is 1.40.